The van der Waals surface area contributed by atoms with Crippen LogP contribution < -0.4 is 0 Å². The Bertz CT molecular complexity index is 2770. The lowest BCUT2D eigenvalue weighted by Gasteiger charge is -2.45. The average molecular weight is 651 g/mol. The maximum Gasteiger partial charge on any atom is 0.0718 e. The van der Waals surface area contributed by atoms with E-state index in [2.05, 4.69) is 170 Å². The summed E-state index contributed by atoms with van der Waals surface area (Å²) in [5, 5.41) is 6.15. The highest BCUT2D eigenvalue weighted by Crippen LogP contribution is 2.58. The molecular weight excluding hydrogens is 617 g/mol. The summed E-state index contributed by atoms with van der Waals surface area (Å²) >= 11 is 0. The number of allylic oxidation sites excluding steroid dienone is 5. The van der Waals surface area contributed by atoms with Crippen LogP contribution in [0.2, 0.25) is 0 Å². The molecule has 0 saturated heterocycles. The van der Waals surface area contributed by atoms with Crippen molar-refractivity contribution in [1.82, 2.24) is 9.97 Å². The molecule has 2 heterocycles. The summed E-state index contributed by atoms with van der Waals surface area (Å²) in [4.78, 5) is 9.64. The van der Waals surface area contributed by atoms with E-state index in [4.69, 9.17) is 4.98 Å². The SMILES string of the molecule is CC12C=CC(c3ccc(-c4cnc5ccccc5c4)nc3)=CC1=C(c1ccc3ccccc3c1)c1ccccc1C2c1ccc2ccccc2c1. The summed E-state index contributed by atoms with van der Waals surface area (Å²) in [5.41, 5.74) is 12.7. The second kappa shape index (κ2) is 11.6. The fourth-order valence-electron chi connectivity index (χ4n) is 8.44. The second-order valence-corrected chi connectivity index (χ2v) is 14.0. The lowest BCUT2D eigenvalue weighted by Crippen LogP contribution is -2.33. The maximum atomic E-state index is 4.96. The van der Waals surface area contributed by atoms with E-state index < -0.39 is 0 Å². The zero-order valence-corrected chi connectivity index (χ0v) is 28.3. The van der Waals surface area contributed by atoms with Crippen molar-refractivity contribution < 1.29 is 0 Å². The Morgan fingerprint density at radius 3 is 1.98 bits per heavy atom. The van der Waals surface area contributed by atoms with Gasteiger partial charge in [-0.3, -0.25) is 9.97 Å². The standard InChI is InChI=1S/C49H34N2/c1-49-25-24-36(40-22-23-46(50-30-40)41-28-37-14-6-9-17-45(37)51-31-41)29-44(49)47(38-20-18-32-10-2-4-12-34(32)26-38)42-15-7-8-16-43(42)48(49)39-21-19-33-11-3-5-13-35(33)27-39/h2-31,48H,1H3. The van der Waals surface area contributed by atoms with Crippen molar-refractivity contribution in [3.63, 3.8) is 0 Å². The second-order valence-electron chi connectivity index (χ2n) is 14.0. The molecule has 10 rings (SSSR count). The van der Waals surface area contributed by atoms with E-state index in [0.29, 0.717) is 0 Å². The highest BCUT2D eigenvalue weighted by atomic mass is 14.7. The quantitative estimate of drug-likeness (QED) is 0.189. The van der Waals surface area contributed by atoms with Crippen molar-refractivity contribution in [2.24, 2.45) is 5.41 Å². The molecule has 2 atom stereocenters. The summed E-state index contributed by atoms with van der Waals surface area (Å²) in [6.07, 6.45) is 11.1. The molecule has 0 N–H and O–H groups in total. The van der Waals surface area contributed by atoms with Gasteiger partial charge in [0.15, 0.2) is 0 Å². The molecule has 51 heavy (non-hydrogen) atoms. The Kier molecular flexibility index (Phi) is 6.72. The van der Waals surface area contributed by atoms with Crippen LogP contribution in [0.5, 0.6) is 0 Å². The van der Waals surface area contributed by atoms with Crippen LogP contribution in [-0.4, -0.2) is 9.97 Å². The molecule has 0 bridgehead atoms. The third-order valence-electron chi connectivity index (χ3n) is 11.0. The molecule has 2 heteroatoms. The molecule has 2 aliphatic carbocycles. The van der Waals surface area contributed by atoms with Gasteiger partial charge in [0, 0.05) is 40.2 Å². The lowest BCUT2D eigenvalue weighted by molar-refractivity contribution is 0.449. The molecule has 2 aliphatic rings. The van der Waals surface area contributed by atoms with Gasteiger partial charge in [0.25, 0.3) is 0 Å². The van der Waals surface area contributed by atoms with Gasteiger partial charge in [-0.25, -0.2) is 0 Å². The van der Waals surface area contributed by atoms with Gasteiger partial charge in [-0.15, -0.1) is 0 Å². The third kappa shape index (κ3) is 4.87. The predicted octanol–water partition coefficient (Wildman–Crippen LogP) is 12.2. The minimum Gasteiger partial charge on any atom is -0.256 e. The number of rotatable bonds is 4. The van der Waals surface area contributed by atoms with E-state index in [0.717, 1.165) is 33.3 Å². The number of para-hydroxylation sites is 1. The van der Waals surface area contributed by atoms with Crippen molar-refractivity contribution in [3.8, 4) is 11.3 Å². The molecule has 0 saturated carbocycles. The van der Waals surface area contributed by atoms with E-state index in [1.54, 1.807) is 0 Å². The van der Waals surface area contributed by atoms with Crippen molar-refractivity contribution in [2.75, 3.05) is 0 Å². The highest BCUT2D eigenvalue weighted by molar-refractivity contribution is 5.96. The van der Waals surface area contributed by atoms with Crippen LogP contribution in [0.25, 0.3) is 54.9 Å². The third-order valence-corrected chi connectivity index (χ3v) is 11.0. The smallest absolute Gasteiger partial charge is 0.0718 e. The number of benzene rings is 6. The molecule has 6 aromatic carbocycles. The zero-order chi connectivity index (χ0) is 33.9. The van der Waals surface area contributed by atoms with Gasteiger partial charge in [0.05, 0.1) is 11.2 Å². The molecule has 0 amide bonds. The number of hydrogen-bond donors (Lipinski definition) is 0. The maximum absolute atomic E-state index is 4.96. The Morgan fingerprint density at radius 1 is 0.529 bits per heavy atom. The van der Waals surface area contributed by atoms with Crippen LogP contribution in [0.3, 0.4) is 0 Å². The van der Waals surface area contributed by atoms with Crippen LogP contribution >= 0.6 is 0 Å². The van der Waals surface area contributed by atoms with E-state index in [9.17, 15) is 0 Å². The fourth-order valence-corrected chi connectivity index (χ4v) is 8.44. The first kappa shape index (κ1) is 29.5. The Balaban J connectivity index is 1.16. The van der Waals surface area contributed by atoms with Gasteiger partial charge in [0.1, 0.15) is 0 Å². The Labute approximate surface area is 297 Å². The Hall–Kier alpha value is -6.38. The van der Waals surface area contributed by atoms with Gasteiger partial charge in [-0.1, -0.05) is 146 Å². The van der Waals surface area contributed by atoms with Crippen molar-refractivity contribution in [3.05, 3.63) is 216 Å². The highest BCUT2D eigenvalue weighted by Gasteiger charge is 2.44. The van der Waals surface area contributed by atoms with Gasteiger partial charge in [0.2, 0.25) is 0 Å². The van der Waals surface area contributed by atoms with Gasteiger partial charge < -0.3 is 0 Å². The fraction of sp³-hybridized carbons (Fsp3) is 0.0612. The van der Waals surface area contributed by atoms with E-state index in [-0.39, 0.29) is 11.3 Å². The molecule has 240 valence electrons. The van der Waals surface area contributed by atoms with Crippen molar-refractivity contribution in [1.29, 1.82) is 0 Å². The van der Waals surface area contributed by atoms with Crippen LogP contribution in [-0.2, 0) is 0 Å². The minimum atomic E-state index is -0.300. The summed E-state index contributed by atoms with van der Waals surface area (Å²) in [6.45, 7) is 2.43. The predicted molar refractivity (Wildman–Crippen MR) is 212 cm³/mol. The van der Waals surface area contributed by atoms with Gasteiger partial charge in [-0.2, -0.15) is 0 Å². The van der Waals surface area contributed by atoms with E-state index in [1.165, 1.54) is 54.9 Å². The Morgan fingerprint density at radius 2 is 1.18 bits per heavy atom. The zero-order valence-electron chi connectivity index (χ0n) is 28.3. The number of fused-ring (bicyclic) bond motifs is 5. The lowest BCUT2D eigenvalue weighted by atomic mass is 9.57. The van der Waals surface area contributed by atoms with Gasteiger partial charge in [-0.05, 0) is 90.9 Å². The number of nitrogens with zero attached hydrogens (tertiary/aromatic N) is 2. The molecule has 0 fully saturated rings. The first-order valence-corrected chi connectivity index (χ1v) is 17.7. The topological polar surface area (TPSA) is 25.8 Å². The monoisotopic (exact) mass is 650 g/mol. The molecular formula is C49H34N2. The summed E-state index contributed by atoms with van der Waals surface area (Å²) in [7, 11) is 0. The molecule has 2 aromatic heterocycles. The summed E-state index contributed by atoms with van der Waals surface area (Å²) < 4.78 is 0. The summed E-state index contributed by atoms with van der Waals surface area (Å²) in [5.74, 6) is 0.132. The molecule has 0 aliphatic heterocycles. The molecule has 2 unspecified atom stereocenters. The molecule has 8 aromatic rings. The normalized spacial score (nSPS) is 18.1. The number of hydrogen-bond acceptors (Lipinski definition) is 2. The molecule has 2 nitrogen and oxygen atoms in total. The van der Waals surface area contributed by atoms with Gasteiger partial charge >= 0.3 is 0 Å². The summed E-state index contributed by atoms with van der Waals surface area (Å²) in [6, 6.07) is 55.0. The first-order valence-electron chi connectivity index (χ1n) is 17.7. The van der Waals surface area contributed by atoms with E-state index in [1.807, 2.05) is 24.5 Å². The molecule has 0 radical (unpaired) electrons. The largest absolute Gasteiger partial charge is 0.256 e. The number of aromatic nitrogens is 2. The molecule has 0 spiro atoms. The van der Waals surface area contributed by atoms with Crippen LogP contribution in [0.15, 0.2) is 188 Å². The first-order chi connectivity index (χ1) is 25.1. The van der Waals surface area contributed by atoms with Crippen LogP contribution in [0.4, 0.5) is 0 Å². The van der Waals surface area contributed by atoms with Crippen molar-refractivity contribution >= 4 is 43.6 Å². The van der Waals surface area contributed by atoms with Crippen molar-refractivity contribution in [2.45, 2.75) is 12.8 Å². The van der Waals surface area contributed by atoms with Crippen LogP contribution in [0, 0.1) is 5.41 Å². The van der Waals surface area contributed by atoms with Crippen LogP contribution in [0.1, 0.15) is 40.7 Å². The average Bonchev–Trinajstić information content (AvgIpc) is 3.19. The minimum absolute atomic E-state index is 0.132. The van der Waals surface area contributed by atoms with E-state index >= 15 is 0 Å². The number of pyridine rings is 2.